The van der Waals surface area contributed by atoms with Gasteiger partial charge < -0.3 is 0 Å². The summed E-state index contributed by atoms with van der Waals surface area (Å²) in [4.78, 5) is 34.2. The molecule has 158 valence electrons. The van der Waals surface area contributed by atoms with Crippen molar-refractivity contribution in [1.29, 1.82) is 0 Å². The summed E-state index contributed by atoms with van der Waals surface area (Å²) in [6.45, 7) is 2.02. The minimum absolute atomic E-state index is 0.176. The molecule has 0 aliphatic rings. The minimum atomic E-state index is -0.465. The summed E-state index contributed by atoms with van der Waals surface area (Å²) in [6, 6.07) is 18.5. The Kier molecular flexibility index (Phi) is 6.13. The third-order valence-electron chi connectivity index (χ3n) is 5.00. The molecule has 4 rings (SSSR count). The molecule has 0 aliphatic carbocycles. The molecule has 0 radical (unpaired) electrons. The average molecular weight is 436 g/mol. The molecular weight excluding hydrogens is 414 g/mol. The van der Waals surface area contributed by atoms with Crippen molar-refractivity contribution in [1.82, 2.24) is 19.6 Å². The molecule has 0 spiro atoms. The fourth-order valence-corrected chi connectivity index (χ4v) is 3.60. The lowest BCUT2D eigenvalue weighted by atomic mass is 9.91. The second-order valence-electron chi connectivity index (χ2n) is 7.33. The standard InChI is InChI=1S/C23H22ClN5O2/c1-2-6-18-14-20(30)29-23(25-18)27-22(28-29)26-21(31)19(13-15-7-4-3-5-8-15)16-9-11-17(24)12-10-16/h3-5,7-12,14,19H,2,6,13H2,1H3,(H2,25,26,27,28,31). The van der Waals surface area contributed by atoms with Crippen LogP contribution < -0.4 is 10.9 Å². The van der Waals surface area contributed by atoms with Crippen molar-refractivity contribution in [2.45, 2.75) is 32.1 Å². The molecule has 0 aliphatic heterocycles. The summed E-state index contributed by atoms with van der Waals surface area (Å²) in [7, 11) is 0. The van der Waals surface area contributed by atoms with E-state index in [0.717, 1.165) is 17.5 Å². The van der Waals surface area contributed by atoms with E-state index in [2.05, 4.69) is 20.4 Å². The lowest BCUT2D eigenvalue weighted by molar-refractivity contribution is -0.117. The van der Waals surface area contributed by atoms with Gasteiger partial charge in [0.15, 0.2) is 0 Å². The zero-order valence-corrected chi connectivity index (χ0v) is 17.8. The number of halogens is 1. The fraction of sp³-hybridized carbons (Fsp3) is 0.217. The van der Waals surface area contributed by atoms with Crippen LogP contribution in [-0.2, 0) is 17.6 Å². The first kappa shape index (κ1) is 20.8. The number of aromatic amines is 1. The van der Waals surface area contributed by atoms with Crippen molar-refractivity contribution in [2.24, 2.45) is 0 Å². The van der Waals surface area contributed by atoms with Gasteiger partial charge in [0.2, 0.25) is 11.9 Å². The second kappa shape index (κ2) is 9.14. The molecule has 0 saturated heterocycles. The van der Waals surface area contributed by atoms with Crippen molar-refractivity contribution in [3.05, 3.63) is 92.9 Å². The normalized spacial score (nSPS) is 12.1. The maximum absolute atomic E-state index is 13.2. The van der Waals surface area contributed by atoms with E-state index in [1.807, 2.05) is 49.4 Å². The maximum atomic E-state index is 13.2. The molecule has 7 nitrogen and oxygen atoms in total. The third-order valence-corrected chi connectivity index (χ3v) is 5.25. The van der Waals surface area contributed by atoms with E-state index in [1.165, 1.54) is 10.6 Å². The van der Waals surface area contributed by atoms with Crippen LogP contribution in [0.25, 0.3) is 5.78 Å². The van der Waals surface area contributed by atoms with Crippen LogP contribution in [0.4, 0.5) is 5.95 Å². The number of amides is 1. The quantitative estimate of drug-likeness (QED) is 0.459. The number of benzene rings is 2. The summed E-state index contributed by atoms with van der Waals surface area (Å²) in [5.41, 5.74) is 2.28. The van der Waals surface area contributed by atoms with Crippen LogP contribution in [0.2, 0.25) is 5.02 Å². The second-order valence-corrected chi connectivity index (χ2v) is 7.76. The first-order chi connectivity index (χ1) is 15.0. The number of nitrogens with one attached hydrogen (secondary N) is 2. The molecule has 31 heavy (non-hydrogen) atoms. The van der Waals surface area contributed by atoms with Crippen LogP contribution in [0, 0.1) is 0 Å². The van der Waals surface area contributed by atoms with E-state index in [9.17, 15) is 9.59 Å². The minimum Gasteiger partial charge on any atom is -0.294 e. The largest absolute Gasteiger partial charge is 0.294 e. The van der Waals surface area contributed by atoms with Gasteiger partial charge in [0.05, 0.1) is 11.6 Å². The first-order valence-corrected chi connectivity index (χ1v) is 10.5. The van der Waals surface area contributed by atoms with Crippen molar-refractivity contribution in [3.63, 3.8) is 0 Å². The number of aromatic nitrogens is 4. The van der Waals surface area contributed by atoms with E-state index >= 15 is 0 Å². The van der Waals surface area contributed by atoms with Gasteiger partial charge in [-0.3, -0.25) is 20.0 Å². The maximum Gasteiger partial charge on any atom is 0.274 e. The highest BCUT2D eigenvalue weighted by Gasteiger charge is 2.23. The Morgan fingerprint density at radius 3 is 2.58 bits per heavy atom. The van der Waals surface area contributed by atoms with Gasteiger partial charge in [0, 0.05) is 11.1 Å². The van der Waals surface area contributed by atoms with Gasteiger partial charge in [-0.25, -0.2) is 4.98 Å². The van der Waals surface area contributed by atoms with Crippen LogP contribution in [0.5, 0.6) is 0 Å². The molecular formula is C23H22ClN5O2. The van der Waals surface area contributed by atoms with Crippen molar-refractivity contribution in [2.75, 3.05) is 5.32 Å². The number of fused-ring (bicyclic) bond motifs is 1. The third kappa shape index (κ3) is 4.83. The predicted molar refractivity (Wildman–Crippen MR) is 121 cm³/mol. The van der Waals surface area contributed by atoms with Crippen LogP contribution >= 0.6 is 11.6 Å². The Bertz CT molecular complexity index is 1250. The molecule has 2 N–H and O–H groups in total. The summed E-state index contributed by atoms with van der Waals surface area (Å²) < 4.78 is 1.23. The number of anilines is 1. The molecule has 1 amide bonds. The monoisotopic (exact) mass is 435 g/mol. The lowest BCUT2D eigenvalue weighted by Crippen LogP contribution is -2.24. The Balaban J connectivity index is 1.63. The Morgan fingerprint density at radius 1 is 1.13 bits per heavy atom. The summed E-state index contributed by atoms with van der Waals surface area (Å²) >= 11 is 6.03. The van der Waals surface area contributed by atoms with Crippen LogP contribution in [0.15, 0.2) is 65.5 Å². The number of hydrogen-bond acceptors (Lipinski definition) is 4. The van der Waals surface area contributed by atoms with Gasteiger partial charge in [0.25, 0.3) is 11.3 Å². The lowest BCUT2D eigenvalue weighted by Gasteiger charge is -2.16. The number of rotatable bonds is 7. The van der Waals surface area contributed by atoms with Gasteiger partial charge in [-0.15, -0.1) is 0 Å². The number of H-pyrrole nitrogens is 1. The Labute approximate surface area is 184 Å². The highest BCUT2D eigenvalue weighted by molar-refractivity contribution is 6.30. The predicted octanol–water partition coefficient (Wildman–Crippen LogP) is 3.99. The molecule has 8 heteroatoms. The molecule has 0 fully saturated rings. The van der Waals surface area contributed by atoms with Crippen molar-refractivity contribution in [3.8, 4) is 0 Å². The molecule has 1 unspecified atom stereocenters. The van der Waals surface area contributed by atoms with Crippen LogP contribution in [0.3, 0.4) is 0 Å². The van der Waals surface area contributed by atoms with Gasteiger partial charge in [-0.1, -0.05) is 67.4 Å². The number of aryl methyl sites for hydroxylation is 1. The Morgan fingerprint density at radius 2 is 1.87 bits per heavy atom. The summed E-state index contributed by atoms with van der Waals surface area (Å²) in [5, 5.41) is 6.23. The Hall–Kier alpha value is -3.45. The van der Waals surface area contributed by atoms with E-state index < -0.39 is 5.92 Å². The van der Waals surface area contributed by atoms with Gasteiger partial charge in [-0.2, -0.15) is 9.50 Å². The molecule has 0 saturated carbocycles. The van der Waals surface area contributed by atoms with E-state index in [4.69, 9.17) is 11.6 Å². The smallest absolute Gasteiger partial charge is 0.274 e. The van der Waals surface area contributed by atoms with Gasteiger partial charge in [-0.05, 0) is 36.1 Å². The first-order valence-electron chi connectivity index (χ1n) is 10.1. The molecule has 4 aromatic rings. The van der Waals surface area contributed by atoms with E-state index in [0.29, 0.717) is 23.6 Å². The number of carbonyl (C=O) groups is 1. The van der Waals surface area contributed by atoms with E-state index in [1.54, 1.807) is 12.1 Å². The van der Waals surface area contributed by atoms with E-state index in [-0.39, 0.29) is 23.2 Å². The highest BCUT2D eigenvalue weighted by atomic mass is 35.5. The highest BCUT2D eigenvalue weighted by Crippen LogP contribution is 2.24. The van der Waals surface area contributed by atoms with Gasteiger partial charge >= 0.3 is 0 Å². The fourth-order valence-electron chi connectivity index (χ4n) is 3.48. The molecule has 1 atom stereocenters. The van der Waals surface area contributed by atoms with Crippen LogP contribution in [-0.4, -0.2) is 25.5 Å². The number of carbonyl (C=O) groups excluding carboxylic acids is 1. The molecule has 2 aromatic heterocycles. The topological polar surface area (TPSA) is 92.2 Å². The zero-order chi connectivity index (χ0) is 21.8. The molecule has 2 heterocycles. The average Bonchev–Trinajstić information content (AvgIpc) is 3.16. The summed E-state index contributed by atoms with van der Waals surface area (Å²) in [5.74, 6) is -0.298. The molecule has 0 bridgehead atoms. The number of hydrogen-bond donors (Lipinski definition) is 2. The molecule has 2 aromatic carbocycles. The number of nitrogens with zero attached hydrogens (tertiary/aromatic N) is 3. The van der Waals surface area contributed by atoms with Gasteiger partial charge in [0.1, 0.15) is 0 Å². The van der Waals surface area contributed by atoms with Crippen LogP contribution in [0.1, 0.15) is 36.1 Å². The summed E-state index contributed by atoms with van der Waals surface area (Å²) in [6.07, 6.45) is 2.07. The van der Waals surface area contributed by atoms with Crippen molar-refractivity contribution < 1.29 is 4.79 Å². The SMILES string of the molecule is CCCc1cc(=O)n2[nH]c(NC(=O)C(Cc3ccccc3)c3ccc(Cl)cc3)nc2n1. The zero-order valence-electron chi connectivity index (χ0n) is 17.0. The van der Waals surface area contributed by atoms with Crippen molar-refractivity contribution >= 4 is 29.2 Å².